The van der Waals surface area contributed by atoms with E-state index in [2.05, 4.69) is 4.98 Å². The first-order valence-corrected chi connectivity index (χ1v) is 11.7. The fourth-order valence-corrected chi connectivity index (χ4v) is 5.03. The van der Waals surface area contributed by atoms with E-state index in [0.717, 1.165) is 41.4 Å². The number of anilines is 1. The van der Waals surface area contributed by atoms with Crippen LogP contribution in [0.4, 0.5) is 16.2 Å². The topological polar surface area (TPSA) is 101 Å². The first-order valence-electron chi connectivity index (χ1n) is 8.65. The van der Waals surface area contributed by atoms with Crippen molar-refractivity contribution in [1.29, 1.82) is 0 Å². The van der Waals surface area contributed by atoms with Crippen molar-refractivity contribution in [2.45, 2.75) is 12.7 Å². The van der Waals surface area contributed by atoms with Gasteiger partial charge in [0.05, 0.1) is 27.1 Å². The predicted molar refractivity (Wildman–Crippen MR) is 127 cm³/mol. The average Bonchev–Trinajstić information content (AvgIpc) is 3.18. The van der Waals surface area contributed by atoms with Crippen molar-refractivity contribution in [2.75, 3.05) is 18.3 Å². The van der Waals surface area contributed by atoms with Crippen molar-refractivity contribution in [3.63, 3.8) is 0 Å². The highest BCUT2D eigenvalue weighted by molar-refractivity contribution is 8.38. The number of amides is 2. The summed E-state index contributed by atoms with van der Waals surface area (Å²) in [6.45, 7) is 2.00. The number of aliphatic imine (C=N–C) groups is 1. The number of hydrogen-bond acceptors (Lipinski definition) is 8. The van der Waals surface area contributed by atoms with E-state index in [4.69, 9.17) is 16.7 Å². The molecule has 152 valence electrons. The summed E-state index contributed by atoms with van der Waals surface area (Å²) < 4.78 is 2.04. The molecule has 10 heteroatoms. The smallest absolute Gasteiger partial charge is 0.264 e. The maximum Gasteiger partial charge on any atom is 0.352 e. The zero-order valence-electron chi connectivity index (χ0n) is 16.3. The molecule has 0 aliphatic carbocycles. The highest BCUT2D eigenvalue weighted by Gasteiger charge is 2.19. The monoisotopic (exact) mass is 446 g/mol. The van der Waals surface area contributed by atoms with Crippen LogP contribution in [0, 0.1) is 6.92 Å². The number of benzene rings is 2. The summed E-state index contributed by atoms with van der Waals surface area (Å²) in [7, 11) is 1.46. The van der Waals surface area contributed by atoms with Gasteiger partial charge in [0.1, 0.15) is 4.38 Å². The third kappa shape index (κ3) is 5.09. The van der Waals surface area contributed by atoms with Gasteiger partial charge in [-0.15, -0.1) is 23.1 Å². The Balaban J connectivity index is 1.82. The first-order chi connectivity index (χ1) is 13.9. The van der Waals surface area contributed by atoms with E-state index in [1.807, 2.05) is 55.1 Å². The number of nitrogens with two attached hydrogens (primary N) is 2. The number of urea groups is 1. The van der Waals surface area contributed by atoms with Crippen LogP contribution in [0.1, 0.15) is 11.1 Å². The molecule has 7 nitrogen and oxygen atoms in total. The molecule has 1 heterocycles. The van der Waals surface area contributed by atoms with Gasteiger partial charge in [-0.1, -0.05) is 23.9 Å². The van der Waals surface area contributed by atoms with E-state index in [-0.39, 0.29) is 0 Å². The van der Waals surface area contributed by atoms with Crippen LogP contribution in [0.3, 0.4) is 0 Å². The van der Waals surface area contributed by atoms with Gasteiger partial charge in [0.15, 0.2) is 0 Å². The molecule has 0 aliphatic heterocycles. The summed E-state index contributed by atoms with van der Waals surface area (Å²) in [4.78, 5) is 21.3. The second-order valence-corrected chi connectivity index (χ2v) is 9.11. The Kier molecular flexibility index (Phi) is 7.14. The van der Waals surface area contributed by atoms with Crippen molar-refractivity contribution < 1.29 is 4.79 Å². The van der Waals surface area contributed by atoms with Gasteiger partial charge in [-0.2, -0.15) is 0 Å². The van der Waals surface area contributed by atoms with Crippen LogP contribution in [0.25, 0.3) is 10.2 Å². The van der Waals surface area contributed by atoms with Gasteiger partial charge in [-0.25, -0.2) is 31.5 Å². The molecule has 0 unspecified atom stereocenters. The molecule has 0 saturated heterocycles. The lowest BCUT2D eigenvalue weighted by Crippen LogP contribution is -2.49. The number of carbonyl (C=O) groups excluding carboxylic acids is 1. The average molecular weight is 447 g/mol. The fraction of sp³-hybridized carbons (Fsp3) is 0.211. The number of thioether (sulfide) groups is 2. The summed E-state index contributed by atoms with van der Waals surface area (Å²) in [5, 5.41) is 2.04. The van der Waals surface area contributed by atoms with Crippen LogP contribution in [0.15, 0.2) is 46.9 Å². The molecule has 29 heavy (non-hydrogen) atoms. The second-order valence-electron chi connectivity index (χ2n) is 6.21. The van der Waals surface area contributed by atoms with Crippen LogP contribution in [-0.2, 0) is 5.75 Å². The molecule has 0 bridgehead atoms. The van der Waals surface area contributed by atoms with Crippen LogP contribution >= 0.6 is 34.9 Å². The SMILES string of the molecule is CSC(=Nc1ccc2ncsc2c1)SCc1c(C)cccc1N(N)C(=O)N(C)N. The van der Waals surface area contributed by atoms with Gasteiger partial charge in [0.2, 0.25) is 0 Å². The van der Waals surface area contributed by atoms with Gasteiger partial charge < -0.3 is 0 Å². The summed E-state index contributed by atoms with van der Waals surface area (Å²) in [5.74, 6) is 12.2. The molecule has 0 fully saturated rings. The van der Waals surface area contributed by atoms with Crippen molar-refractivity contribution in [3.8, 4) is 0 Å². The fourth-order valence-electron chi connectivity index (χ4n) is 2.66. The largest absolute Gasteiger partial charge is 0.352 e. The van der Waals surface area contributed by atoms with E-state index in [1.54, 1.807) is 34.9 Å². The molecule has 2 aromatic carbocycles. The third-order valence-electron chi connectivity index (χ3n) is 4.20. The number of carbonyl (C=O) groups is 1. The molecule has 0 atom stereocenters. The van der Waals surface area contributed by atoms with E-state index in [1.165, 1.54) is 7.05 Å². The second kappa shape index (κ2) is 9.59. The minimum absolute atomic E-state index is 0.488. The van der Waals surface area contributed by atoms with Gasteiger partial charge in [0.25, 0.3) is 0 Å². The quantitative estimate of drug-likeness (QED) is 0.201. The molecule has 1 aromatic heterocycles. The van der Waals surface area contributed by atoms with Crippen LogP contribution in [0.5, 0.6) is 0 Å². The highest BCUT2D eigenvalue weighted by atomic mass is 32.2. The van der Waals surface area contributed by atoms with Crippen LogP contribution in [0.2, 0.25) is 0 Å². The molecule has 0 radical (unpaired) electrons. The summed E-state index contributed by atoms with van der Waals surface area (Å²) >= 11 is 4.79. The van der Waals surface area contributed by atoms with Gasteiger partial charge >= 0.3 is 6.03 Å². The lowest BCUT2D eigenvalue weighted by molar-refractivity contribution is 0.216. The van der Waals surface area contributed by atoms with E-state index >= 15 is 0 Å². The molecule has 3 rings (SSSR count). The lowest BCUT2D eigenvalue weighted by Gasteiger charge is -2.24. The Bertz CT molecular complexity index is 1050. The number of rotatable bonds is 4. The lowest BCUT2D eigenvalue weighted by atomic mass is 10.1. The summed E-state index contributed by atoms with van der Waals surface area (Å²) in [5.41, 5.74) is 6.35. The molecular formula is C19H22N6OS3. The molecule has 3 aromatic rings. The van der Waals surface area contributed by atoms with Crippen LogP contribution < -0.4 is 16.7 Å². The molecular weight excluding hydrogens is 424 g/mol. The van der Waals surface area contributed by atoms with Gasteiger partial charge in [-0.05, 0) is 48.6 Å². The van der Waals surface area contributed by atoms with Crippen molar-refractivity contribution in [1.82, 2.24) is 9.99 Å². The van der Waals surface area contributed by atoms with E-state index < -0.39 is 6.03 Å². The minimum atomic E-state index is -0.488. The minimum Gasteiger partial charge on any atom is -0.264 e. The molecule has 0 spiro atoms. The van der Waals surface area contributed by atoms with E-state index in [9.17, 15) is 4.79 Å². The normalized spacial score (nSPS) is 11.7. The maximum atomic E-state index is 12.2. The van der Waals surface area contributed by atoms with Crippen LogP contribution in [-0.4, -0.2) is 33.7 Å². The zero-order chi connectivity index (χ0) is 21.0. The first kappa shape index (κ1) is 21.6. The van der Waals surface area contributed by atoms with E-state index in [0.29, 0.717) is 11.4 Å². The Hall–Kier alpha value is -2.11. The number of hydrazine groups is 2. The molecule has 0 aliphatic rings. The number of thiazole rings is 1. The summed E-state index contributed by atoms with van der Waals surface area (Å²) in [6, 6.07) is 11.2. The number of aryl methyl sites for hydroxylation is 1. The van der Waals surface area contributed by atoms with Crippen molar-refractivity contribution in [3.05, 3.63) is 53.0 Å². The van der Waals surface area contributed by atoms with Crippen molar-refractivity contribution >= 4 is 66.9 Å². The van der Waals surface area contributed by atoms with Gasteiger partial charge in [-0.3, -0.25) is 5.01 Å². The Morgan fingerprint density at radius 2 is 2.07 bits per heavy atom. The Morgan fingerprint density at radius 3 is 2.79 bits per heavy atom. The summed E-state index contributed by atoms with van der Waals surface area (Å²) in [6.07, 6.45) is 2.00. The molecule has 2 amide bonds. The Labute approximate surface area is 182 Å². The number of fused-ring (bicyclic) bond motifs is 1. The highest BCUT2D eigenvalue weighted by Crippen LogP contribution is 2.31. The number of aromatic nitrogens is 1. The molecule has 4 N–H and O–H groups in total. The zero-order valence-corrected chi connectivity index (χ0v) is 18.8. The molecule has 0 saturated carbocycles. The van der Waals surface area contributed by atoms with Crippen molar-refractivity contribution in [2.24, 2.45) is 16.7 Å². The predicted octanol–water partition coefficient (Wildman–Crippen LogP) is 4.49. The third-order valence-corrected chi connectivity index (χ3v) is 7.06. The van der Waals surface area contributed by atoms with Gasteiger partial charge in [0, 0.05) is 12.8 Å². The maximum absolute atomic E-state index is 12.2. The number of hydrogen-bond donors (Lipinski definition) is 2. The number of nitrogens with zero attached hydrogens (tertiary/aromatic N) is 4. The standard InChI is InChI=1S/C19H22N6OS3/c1-12-5-4-6-16(25(21)19(26)24(2)20)14(12)10-28-18(27-3)23-13-7-8-15-17(9-13)29-11-22-15/h4-9,11H,10,20-21H2,1-3H3. The Morgan fingerprint density at radius 1 is 1.28 bits per heavy atom.